The summed E-state index contributed by atoms with van der Waals surface area (Å²) in [6.45, 7) is 9.86. The summed E-state index contributed by atoms with van der Waals surface area (Å²) in [4.78, 5) is 16.7. The van der Waals surface area contributed by atoms with E-state index in [1.165, 1.54) is 0 Å². The number of esters is 1. The van der Waals surface area contributed by atoms with Crippen LogP contribution in [-0.2, 0) is 9.53 Å². The Morgan fingerprint density at radius 1 is 0.968 bits per heavy atom. The van der Waals surface area contributed by atoms with Crippen LogP contribution in [0.1, 0.15) is 45.2 Å². The minimum absolute atomic E-state index is 0.244. The summed E-state index contributed by atoms with van der Waals surface area (Å²) in [7, 11) is 0. The van der Waals surface area contributed by atoms with Gasteiger partial charge in [-0.15, -0.1) is 0 Å². The van der Waals surface area contributed by atoms with E-state index in [0.717, 1.165) is 17.7 Å². The summed E-state index contributed by atoms with van der Waals surface area (Å²) in [6, 6.07) is 12.9. The zero-order chi connectivity index (χ0) is 22.2. The third kappa shape index (κ3) is 6.10. The first-order valence-corrected chi connectivity index (χ1v) is 10.7. The molecule has 3 rings (SSSR count). The Kier molecular flexibility index (Phi) is 7.70. The van der Waals surface area contributed by atoms with Gasteiger partial charge in [-0.25, -0.2) is 9.79 Å². The number of rotatable bonds is 10. The maximum Gasteiger partial charge on any atom is 0.363 e. The molecule has 0 aliphatic carbocycles. The van der Waals surface area contributed by atoms with E-state index in [4.69, 9.17) is 18.9 Å². The molecule has 0 bridgehead atoms. The molecule has 6 heteroatoms. The Morgan fingerprint density at radius 3 is 2.35 bits per heavy atom. The van der Waals surface area contributed by atoms with Crippen molar-refractivity contribution >= 4 is 17.9 Å². The molecule has 0 radical (unpaired) electrons. The fourth-order valence-electron chi connectivity index (χ4n) is 2.95. The summed E-state index contributed by atoms with van der Waals surface area (Å²) in [5, 5.41) is 0. The van der Waals surface area contributed by atoms with E-state index < -0.39 is 5.97 Å². The number of cyclic esters (lactones) is 1. The molecule has 0 unspecified atom stereocenters. The molecule has 31 heavy (non-hydrogen) atoms. The first kappa shape index (κ1) is 22.4. The van der Waals surface area contributed by atoms with Crippen molar-refractivity contribution in [2.24, 2.45) is 10.9 Å². The van der Waals surface area contributed by atoms with Crippen molar-refractivity contribution in [2.75, 3.05) is 19.8 Å². The van der Waals surface area contributed by atoms with Gasteiger partial charge in [-0.2, -0.15) is 0 Å². The normalized spacial score (nSPS) is 14.5. The standard InChI is InChI=1S/C25H29NO5/c1-5-28-22-12-9-19(16-23(22)29-6-2)24-26-21(25(27)31-24)15-18-7-10-20(11-8-18)30-14-13-17(3)4/h7-12,15-17H,5-6,13-14H2,1-4H3/b21-15-. The molecule has 0 atom stereocenters. The first-order valence-electron chi connectivity index (χ1n) is 10.7. The number of carbonyl (C=O) groups excluding carboxylic acids is 1. The topological polar surface area (TPSA) is 66.4 Å². The zero-order valence-electron chi connectivity index (χ0n) is 18.5. The van der Waals surface area contributed by atoms with Gasteiger partial charge in [-0.1, -0.05) is 26.0 Å². The molecule has 0 saturated carbocycles. The minimum atomic E-state index is -0.487. The highest BCUT2D eigenvalue weighted by atomic mass is 16.6. The second-order valence-electron chi connectivity index (χ2n) is 7.46. The van der Waals surface area contributed by atoms with Crippen LogP contribution in [0.4, 0.5) is 0 Å². The Balaban J connectivity index is 1.75. The van der Waals surface area contributed by atoms with Gasteiger partial charge in [0.2, 0.25) is 5.90 Å². The lowest BCUT2D eigenvalue weighted by Crippen LogP contribution is -2.06. The van der Waals surface area contributed by atoms with Crippen LogP contribution in [0.25, 0.3) is 6.08 Å². The first-order chi connectivity index (χ1) is 15.0. The summed E-state index contributed by atoms with van der Waals surface area (Å²) >= 11 is 0. The molecule has 0 spiro atoms. The van der Waals surface area contributed by atoms with Gasteiger partial charge in [-0.05, 0) is 68.2 Å². The molecular formula is C25H29NO5. The molecule has 0 saturated heterocycles. The van der Waals surface area contributed by atoms with Crippen molar-refractivity contribution in [1.29, 1.82) is 0 Å². The van der Waals surface area contributed by atoms with Crippen molar-refractivity contribution < 1.29 is 23.7 Å². The lowest BCUT2D eigenvalue weighted by molar-refractivity contribution is -0.129. The van der Waals surface area contributed by atoms with Crippen molar-refractivity contribution in [3.8, 4) is 17.2 Å². The lowest BCUT2D eigenvalue weighted by Gasteiger charge is -2.11. The number of hydrogen-bond acceptors (Lipinski definition) is 6. The molecule has 0 aromatic heterocycles. The Morgan fingerprint density at radius 2 is 1.68 bits per heavy atom. The van der Waals surface area contributed by atoms with Gasteiger partial charge in [0.1, 0.15) is 5.75 Å². The maximum absolute atomic E-state index is 12.3. The van der Waals surface area contributed by atoms with Crippen LogP contribution in [0.3, 0.4) is 0 Å². The number of carbonyl (C=O) groups is 1. The molecule has 0 N–H and O–H groups in total. The summed E-state index contributed by atoms with van der Waals surface area (Å²) in [6.07, 6.45) is 2.71. The molecule has 164 valence electrons. The lowest BCUT2D eigenvalue weighted by atomic mass is 10.1. The van der Waals surface area contributed by atoms with Gasteiger partial charge in [-0.3, -0.25) is 0 Å². The predicted octanol–water partition coefficient (Wildman–Crippen LogP) is 5.25. The van der Waals surface area contributed by atoms with Crippen LogP contribution in [0, 0.1) is 5.92 Å². The van der Waals surface area contributed by atoms with Crippen LogP contribution in [0.5, 0.6) is 17.2 Å². The van der Waals surface area contributed by atoms with E-state index >= 15 is 0 Å². The zero-order valence-corrected chi connectivity index (χ0v) is 18.5. The fraction of sp³-hybridized carbons (Fsp3) is 0.360. The number of benzene rings is 2. The SMILES string of the molecule is CCOc1ccc(C2=N/C(=C\c3ccc(OCCC(C)C)cc3)C(=O)O2)cc1OCC. The molecule has 2 aromatic carbocycles. The second-order valence-corrected chi connectivity index (χ2v) is 7.46. The molecule has 1 aliphatic heterocycles. The van der Waals surface area contributed by atoms with Crippen LogP contribution < -0.4 is 14.2 Å². The summed E-state index contributed by atoms with van der Waals surface area (Å²) in [5.74, 6) is 2.40. The van der Waals surface area contributed by atoms with Crippen LogP contribution in [-0.4, -0.2) is 31.7 Å². The van der Waals surface area contributed by atoms with Gasteiger partial charge in [0.15, 0.2) is 17.2 Å². The average Bonchev–Trinajstić information content (AvgIpc) is 3.11. The number of aliphatic imine (C=N–C) groups is 1. The van der Waals surface area contributed by atoms with Gasteiger partial charge in [0.25, 0.3) is 0 Å². The highest BCUT2D eigenvalue weighted by Gasteiger charge is 2.25. The van der Waals surface area contributed by atoms with E-state index in [-0.39, 0.29) is 11.6 Å². The van der Waals surface area contributed by atoms with Gasteiger partial charge in [0.05, 0.1) is 19.8 Å². The fourth-order valence-corrected chi connectivity index (χ4v) is 2.95. The summed E-state index contributed by atoms with van der Waals surface area (Å²) < 4.78 is 22.3. The Bertz CT molecular complexity index is 960. The van der Waals surface area contributed by atoms with E-state index in [0.29, 0.717) is 42.8 Å². The number of nitrogens with zero attached hydrogens (tertiary/aromatic N) is 1. The third-order valence-electron chi connectivity index (χ3n) is 4.56. The monoisotopic (exact) mass is 423 g/mol. The van der Waals surface area contributed by atoms with Crippen molar-refractivity contribution in [1.82, 2.24) is 0 Å². The smallest absolute Gasteiger partial charge is 0.363 e. The molecular weight excluding hydrogens is 394 g/mol. The molecule has 6 nitrogen and oxygen atoms in total. The summed E-state index contributed by atoms with van der Waals surface area (Å²) in [5.41, 5.74) is 1.74. The van der Waals surface area contributed by atoms with Crippen molar-refractivity contribution in [3.63, 3.8) is 0 Å². The van der Waals surface area contributed by atoms with E-state index in [9.17, 15) is 4.79 Å². The van der Waals surface area contributed by atoms with Gasteiger partial charge in [0, 0.05) is 5.56 Å². The highest BCUT2D eigenvalue weighted by Crippen LogP contribution is 2.30. The maximum atomic E-state index is 12.3. The van der Waals surface area contributed by atoms with E-state index in [1.54, 1.807) is 24.3 Å². The van der Waals surface area contributed by atoms with Crippen molar-refractivity contribution in [3.05, 3.63) is 59.3 Å². The van der Waals surface area contributed by atoms with E-state index in [2.05, 4.69) is 18.8 Å². The Labute approximate surface area is 183 Å². The quantitative estimate of drug-likeness (QED) is 0.386. The average molecular weight is 424 g/mol. The molecule has 1 heterocycles. The molecule has 2 aromatic rings. The second kappa shape index (κ2) is 10.7. The third-order valence-corrected chi connectivity index (χ3v) is 4.56. The van der Waals surface area contributed by atoms with E-state index in [1.807, 2.05) is 38.1 Å². The predicted molar refractivity (Wildman–Crippen MR) is 121 cm³/mol. The largest absolute Gasteiger partial charge is 0.494 e. The van der Waals surface area contributed by atoms with Crippen LogP contribution in [0.2, 0.25) is 0 Å². The van der Waals surface area contributed by atoms with Gasteiger partial charge >= 0.3 is 5.97 Å². The molecule has 1 aliphatic rings. The molecule has 0 fully saturated rings. The van der Waals surface area contributed by atoms with Crippen LogP contribution >= 0.6 is 0 Å². The molecule has 0 amide bonds. The van der Waals surface area contributed by atoms with Crippen molar-refractivity contribution in [2.45, 2.75) is 34.1 Å². The highest BCUT2D eigenvalue weighted by molar-refractivity contribution is 6.13. The van der Waals surface area contributed by atoms with Gasteiger partial charge < -0.3 is 18.9 Å². The van der Waals surface area contributed by atoms with Crippen LogP contribution in [0.15, 0.2) is 53.2 Å². The minimum Gasteiger partial charge on any atom is -0.494 e. The number of ether oxygens (including phenoxy) is 4. The number of hydrogen-bond donors (Lipinski definition) is 0. The Hall–Kier alpha value is -3.28.